The minimum Gasteiger partial charge on any atom is -0.478 e. The van der Waals surface area contributed by atoms with Crippen LogP contribution in [0.3, 0.4) is 0 Å². The highest BCUT2D eigenvalue weighted by molar-refractivity contribution is 5.90. The number of nitrogens with zero attached hydrogens (tertiary/aromatic N) is 1. The summed E-state index contributed by atoms with van der Waals surface area (Å²) in [4.78, 5) is 25.8. The molecule has 2 aromatic carbocycles. The third-order valence-electron chi connectivity index (χ3n) is 6.19. The fraction of sp³-hybridized carbons (Fsp3) is 0.417. The largest absolute Gasteiger partial charge is 0.478 e. The molecule has 1 unspecified atom stereocenters. The Kier molecular flexibility index (Phi) is 5.41. The lowest BCUT2D eigenvalue weighted by Crippen LogP contribution is -2.38. The number of piperidine rings is 1. The number of anilines is 2. The van der Waals surface area contributed by atoms with Crippen LogP contribution in [-0.4, -0.2) is 35.1 Å². The van der Waals surface area contributed by atoms with E-state index in [-0.39, 0.29) is 17.5 Å². The maximum atomic E-state index is 12.6. The summed E-state index contributed by atoms with van der Waals surface area (Å²) in [5, 5.41) is 15.9. The first kappa shape index (κ1) is 20.3. The molecule has 0 spiro atoms. The standard InChI is InChI=1S/C24H29N3O3/c1-24(2)15-18-13-17(22(28)29)9-10-20(18)26-21(24)16-7-6-8-19(14-16)25-23(30)27-11-4-3-5-12-27/h6-10,13-14,21,26H,3-5,11-12,15H2,1-2H3,(H,25,30)(H,28,29). The molecule has 1 saturated heterocycles. The predicted molar refractivity (Wildman–Crippen MR) is 118 cm³/mol. The lowest BCUT2D eigenvalue weighted by molar-refractivity contribution is 0.0696. The minimum atomic E-state index is -0.908. The third kappa shape index (κ3) is 4.13. The van der Waals surface area contributed by atoms with E-state index < -0.39 is 5.97 Å². The van der Waals surface area contributed by atoms with Gasteiger partial charge in [-0.1, -0.05) is 26.0 Å². The highest BCUT2D eigenvalue weighted by Gasteiger charge is 2.36. The number of carbonyl (C=O) groups is 2. The number of benzene rings is 2. The molecule has 4 rings (SSSR count). The van der Waals surface area contributed by atoms with E-state index in [1.165, 1.54) is 6.42 Å². The quantitative estimate of drug-likeness (QED) is 0.658. The van der Waals surface area contributed by atoms with Crippen LogP contribution in [0.5, 0.6) is 0 Å². The van der Waals surface area contributed by atoms with Crippen molar-refractivity contribution in [2.45, 2.75) is 45.6 Å². The van der Waals surface area contributed by atoms with Gasteiger partial charge in [-0.05, 0) is 72.6 Å². The van der Waals surface area contributed by atoms with Crippen LogP contribution in [0.2, 0.25) is 0 Å². The van der Waals surface area contributed by atoms with Crippen LogP contribution in [0.1, 0.15) is 60.6 Å². The zero-order valence-corrected chi connectivity index (χ0v) is 17.6. The summed E-state index contributed by atoms with van der Waals surface area (Å²) in [6, 6.07) is 13.3. The third-order valence-corrected chi connectivity index (χ3v) is 6.19. The molecule has 0 aromatic heterocycles. The maximum absolute atomic E-state index is 12.6. The van der Waals surface area contributed by atoms with Crippen molar-refractivity contribution in [1.82, 2.24) is 4.90 Å². The average molecular weight is 408 g/mol. The van der Waals surface area contributed by atoms with Gasteiger partial charge < -0.3 is 20.6 Å². The van der Waals surface area contributed by atoms with Crippen LogP contribution in [0.4, 0.5) is 16.2 Å². The van der Waals surface area contributed by atoms with Crippen molar-refractivity contribution in [2.24, 2.45) is 5.41 Å². The Morgan fingerprint density at radius 1 is 1.10 bits per heavy atom. The molecule has 6 nitrogen and oxygen atoms in total. The van der Waals surface area contributed by atoms with Gasteiger partial charge in [0.25, 0.3) is 0 Å². The van der Waals surface area contributed by atoms with Gasteiger partial charge in [0.2, 0.25) is 0 Å². The van der Waals surface area contributed by atoms with E-state index in [9.17, 15) is 14.7 Å². The van der Waals surface area contributed by atoms with Crippen LogP contribution >= 0.6 is 0 Å². The Labute approximate surface area is 177 Å². The number of amides is 2. The molecule has 158 valence electrons. The number of nitrogens with one attached hydrogen (secondary N) is 2. The number of rotatable bonds is 3. The molecule has 0 aliphatic carbocycles. The number of carboxylic acids is 1. The summed E-state index contributed by atoms with van der Waals surface area (Å²) in [7, 11) is 0. The fourth-order valence-electron chi connectivity index (χ4n) is 4.59. The number of hydrogen-bond donors (Lipinski definition) is 3. The maximum Gasteiger partial charge on any atom is 0.335 e. The van der Waals surface area contributed by atoms with Crippen molar-refractivity contribution >= 4 is 23.4 Å². The first-order chi connectivity index (χ1) is 14.3. The van der Waals surface area contributed by atoms with Crippen LogP contribution in [-0.2, 0) is 6.42 Å². The molecule has 30 heavy (non-hydrogen) atoms. The Hall–Kier alpha value is -3.02. The van der Waals surface area contributed by atoms with E-state index >= 15 is 0 Å². The van der Waals surface area contributed by atoms with E-state index in [1.54, 1.807) is 12.1 Å². The Bertz CT molecular complexity index is 964. The van der Waals surface area contributed by atoms with Gasteiger partial charge in [-0.3, -0.25) is 0 Å². The second-order valence-corrected chi connectivity index (χ2v) is 9.02. The Morgan fingerprint density at radius 2 is 1.87 bits per heavy atom. The minimum absolute atomic E-state index is 0.0331. The monoisotopic (exact) mass is 407 g/mol. The average Bonchev–Trinajstić information content (AvgIpc) is 2.73. The van der Waals surface area contributed by atoms with Gasteiger partial charge in [0, 0.05) is 24.5 Å². The molecule has 2 aliphatic heterocycles. The van der Waals surface area contributed by atoms with Gasteiger partial charge in [-0.25, -0.2) is 9.59 Å². The zero-order valence-electron chi connectivity index (χ0n) is 17.6. The number of urea groups is 1. The topological polar surface area (TPSA) is 81.7 Å². The molecule has 1 atom stereocenters. The number of carboxylic acid groups (broad SMARTS) is 1. The van der Waals surface area contributed by atoms with Crippen molar-refractivity contribution in [1.29, 1.82) is 0 Å². The molecular weight excluding hydrogens is 378 g/mol. The van der Waals surface area contributed by atoms with Gasteiger partial charge >= 0.3 is 12.0 Å². The van der Waals surface area contributed by atoms with Crippen molar-refractivity contribution in [2.75, 3.05) is 23.7 Å². The number of aromatic carboxylic acids is 1. The number of hydrogen-bond acceptors (Lipinski definition) is 3. The molecular formula is C24H29N3O3. The smallest absolute Gasteiger partial charge is 0.335 e. The Morgan fingerprint density at radius 3 is 2.60 bits per heavy atom. The fourth-order valence-corrected chi connectivity index (χ4v) is 4.59. The van der Waals surface area contributed by atoms with Gasteiger partial charge in [0.15, 0.2) is 0 Å². The Balaban J connectivity index is 1.55. The first-order valence-electron chi connectivity index (χ1n) is 10.6. The lowest BCUT2D eigenvalue weighted by Gasteiger charge is -2.41. The van der Waals surface area contributed by atoms with Gasteiger partial charge in [0.05, 0.1) is 11.6 Å². The molecule has 0 saturated carbocycles. The molecule has 0 radical (unpaired) electrons. The van der Waals surface area contributed by atoms with Crippen LogP contribution in [0, 0.1) is 5.41 Å². The highest BCUT2D eigenvalue weighted by Crippen LogP contribution is 2.45. The lowest BCUT2D eigenvalue weighted by atomic mass is 9.72. The van der Waals surface area contributed by atoms with E-state index in [0.29, 0.717) is 5.56 Å². The van der Waals surface area contributed by atoms with Crippen molar-refractivity contribution in [3.8, 4) is 0 Å². The van der Waals surface area contributed by atoms with E-state index in [4.69, 9.17) is 0 Å². The summed E-state index contributed by atoms with van der Waals surface area (Å²) in [5.74, 6) is -0.908. The second-order valence-electron chi connectivity index (χ2n) is 9.02. The molecule has 3 N–H and O–H groups in total. The molecule has 2 aromatic rings. The molecule has 6 heteroatoms. The van der Waals surface area contributed by atoms with Gasteiger partial charge in [-0.2, -0.15) is 0 Å². The van der Waals surface area contributed by atoms with Crippen molar-refractivity contribution < 1.29 is 14.7 Å². The summed E-state index contributed by atoms with van der Waals surface area (Å²) < 4.78 is 0. The molecule has 2 aliphatic rings. The van der Waals surface area contributed by atoms with Crippen molar-refractivity contribution in [3.05, 3.63) is 59.2 Å². The van der Waals surface area contributed by atoms with Crippen LogP contribution in [0.15, 0.2) is 42.5 Å². The van der Waals surface area contributed by atoms with Gasteiger partial charge in [0.1, 0.15) is 0 Å². The summed E-state index contributed by atoms with van der Waals surface area (Å²) in [6.07, 6.45) is 4.09. The van der Waals surface area contributed by atoms with E-state index in [2.05, 4.69) is 30.5 Å². The molecule has 1 fully saturated rings. The second kappa shape index (κ2) is 8.01. The number of likely N-dealkylation sites (tertiary alicyclic amines) is 1. The molecule has 2 heterocycles. The van der Waals surface area contributed by atoms with Gasteiger partial charge in [-0.15, -0.1) is 0 Å². The van der Waals surface area contributed by atoms with Crippen molar-refractivity contribution in [3.63, 3.8) is 0 Å². The van der Waals surface area contributed by atoms with Crippen LogP contribution in [0.25, 0.3) is 0 Å². The highest BCUT2D eigenvalue weighted by atomic mass is 16.4. The predicted octanol–water partition coefficient (Wildman–Crippen LogP) is 5.14. The normalized spacial score (nSPS) is 20.1. The SMILES string of the molecule is CC1(C)Cc2cc(C(=O)O)ccc2NC1c1cccc(NC(=O)N2CCCCC2)c1. The summed E-state index contributed by atoms with van der Waals surface area (Å²) >= 11 is 0. The molecule has 0 bridgehead atoms. The number of carbonyl (C=O) groups excluding carboxylic acids is 1. The molecule has 2 amide bonds. The summed E-state index contributed by atoms with van der Waals surface area (Å²) in [5.41, 5.74) is 4.07. The van der Waals surface area contributed by atoms with E-state index in [1.807, 2.05) is 29.2 Å². The zero-order chi connectivity index (χ0) is 21.3. The van der Waals surface area contributed by atoms with Crippen LogP contribution < -0.4 is 10.6 Å². The van der Waals surface area contributed by atoms with E-state index in [0.717, 1.165) is 54.9 Å². The first-order valence-corrected chi connectivity index (χ1v) is 10.6. The number of fused-ring (bicyclic) bond motifs is 1. The summed E-state index contributed by atoms with van der Waals surface area (Å²) in [6.45, 7) is 6.00.